The van der Waals surface area contributed by atoms with Crippen LogP contribution in [0.15, 0.2) is 138 Å². The SMILES string of the molecule is c1ccc2cc3c(cc2c1)oc1c(N(c2ccc4c(c2)sc2ccccc24)c2ccc4sc5ccccc5c4c2)cncc13. The van der Waals surface area contributed by atoms with E-state index in [-0.39, 0.29) is 0 Å². The van der Waals surface area contributed by atoms with Gasteiger partial charge in [0.05, 0.1) is 6.20 Å². The maximum atomic E-state index is 6.72. The van der Waals surface area contributed by atoms with E-state index in [0.717, 1.165) is 44.4 Å². The van der Waals surface area contributed by atoms with Crippen molar-refractivity contribution in [2.45, 2.75) is 0 Å². The highest BCUT2D eigenvalue weighted by atomic mass is 32.1. The molecule has 6 aromatic carbocycles. The van der Waals surface area contributed by atoms with Gasteiger partial charge in [0.25, 0.3) is 0 Å². The molecule has 0 radical (unpaired) electrons. The van der Waals surface area contributed by atoms with E-state index in [4.69, 9.17) is 9.40 Å². The number of hydrogen-bond donors (Lipinski definition) is 0. The minimum absolute atomic E-state index is 0.831. The van der Waals surface area contributed by atoms with Gasteiger partial charge < -0.3 is 9.32 Å². The van der Waals surface area contributed by atoms with Crippen molar-refractivity contribution in [1.29, 1.82) is 0 Å². The van der Waals surface area contributed by atoms with Gasteiger partial charge in [0, 0.05) is 68.7 Å². The van der Waals surface area contributed by atoms with Crippen molar-refractivity contribution >= 4 is 113 Å². The Balaban J connectivity index is 1.27. The Hall–Kier alpha value is -5.23. The molecule has 0 bridgehead atoms. The van der Waals surface area contributed by atoms with Crippen molar-refractivity contribution in [1.82, 2.24) is 4.98 Å². The molecule has 10 aromatic rings. The van der Waals surface area contributed by atoms with E-state index in [9.17, 15) is 0 Å². The van der Waals surface area contributed by atoms with Crippen LogP contribution in [-0.2, 0) is 0 Å². The van der Waals surface area contributed by atoms with Crippen molar-refractivity contribution < 1.29 is 4.42 Å². The number of thiophene rings is 2. The van der Waals surface area contributed by atoms with Crippen LogP contribution in [0.4, 0.5) is 17.1 Å². The summed E-state index contributed by atoms with van der Waals surface area (Å²) in [5.74, 6) is 0. The van der Waals surface area contributed by atoms with Crippen LogP contribution in [0.5, 0.6) is 0 Å². The van der Waals surface area contributed by atoms with Crippen molar-refractivity contribution in [3.8, 4) is 0 Å². The zero-order chi connectivity index (χ0) is 28.8. The van der Waals surface area contributed by atoms with Crippen molar-refractivity contribution in [3.63, 3.8) is 0 Å². The maximum absolute atomic E-state index is 6.72. The first kappa shape index (κ1) is 24.2. The average molecular weight is 599 g/mol. The molecule has 0 fully saturated rings. The number of hydrogen-bond acceptors (Lipinski definition) is 5. The van der Waals surface area contributed by atoms with Crippen LogP contribution in [0.1, 0.15) is 0 Å². The van der Waals surface area contributed by atoms with Gasteiger partial charge in [0.1, 0.15) is 11.3 Å². The molecule has 0 aliphatic carbocycles. The number of furan rings is 1. The molecule has 0 saturated heterocycles. The van der Waals surface area contributed by atoms with E-state index >= 15 is 0 Å². The second-order valence-corrected chi connectivity index (χ2v) is 13.4. The first-order valence-electron chi connectivity index (χ1n) is 14.6. The third kappa shape index (κ3) is 3.51. The fraction of sp³-hybridized carbons (Fsp3) is 0. The molecule has 206 valence electrons. The average Bonchev–Trinajstić information content (AvgIpc) is 3.74. The van der Waals surface area contributed by atoms with Gasteiger partial charge in [-0.25, -0.2) is 0 Å². The molecule has 10 rings (SSSR count). The second kappa shape index (κ2) is 9.13. The molecule has 5 heteroatoms. The normalized spacial score (nSPS) is 12.1. The van der Waals surface area contributed by atoms with E-state index in [2.05, 4.69) is 126 Å². The van der Waals surface area contributed by atoms with Gasteiger partial charge >= 0.3 is 0 Å². The largest absolute Gasteiger partial charge is 0.454 e. The zero-order valence-electron chi connectivity index (χ0n) is 23.3. The Morgan fingerprint density at radius 3 is 1.95 bits per heavy atom. The Morgan fingerprint density at radius 1 is 0.477 bits per heavy atom. The molecule has 0 aliphatic rings. The van der Waals surface area contributed by atoms with Gasteiger partial charge in [-0.3, -0.25) is 4.98 Å². The van der Waals surface area contributed by atoms with E-state index in [1.54, 1.807) is 0 Å². The molecular formula is C39H22N2OS2. The lowest BCUT2D eigenvalue weighted by atomic mass is 10.1. The van der Waals surface area contributed by atoms with Gasteiger partial charge in [0.2, 0.25) is 0 Å². The number of fused-ring (bicyclic) bond motifs is 10. The van der Waals surface area contributed by atoms with Crippen LogP contribution in [0, 0.1) is 0 Å². The van der Waals surface area contributed by atoms with Crippen LogP contribution >= 0.6 is 22.7 Å². The Bertz CT molecular complexity index is 2750. The maximum Gasteiger partial charge on any atom is 0.162 e. The summed E-state index contributed by atoms with van der Waals surface area (Å²) >= 11 is 3.67. The summed E-state index contributed by atoms with van der Waals surface area (Å²) in [5, 5.41) is 9.55. The summed E-state index contributed by atoms with van der Waals surface area (Å²) < 4.78 is 11.8. The summed E-state index contributed by atoms with van der Waals surface area (Å²) in [6.07, 6.45) is 3.87. The van der Waals surface area contributed by atoms with E-state index in [0.29, 0.717) is 0 Å². The predicted molar refractivity (Wildman–Crippen MR) is 189 cm³/mol. The Kier molecular flexibility index (Phi) is 5.03. The quantitative estimate of drug-likeness (QED) is 0.203. The first-order chi connectivity index (χ1) is 21.8. The fourth-order valence-electron chi connectivity index (χ4n) is 6.65. The number of rotatable bonds is 3. The minimum atomic E-state index is 0.831. The van der Waals surface area contributed by atoms with Gasteiger partial charge in [-0.15, -0.1) is 22.7 Å². The van der Waals surface area contributed by atoms with E-state index in [1.807, 2.05) is 35.1 Å². The Labute approximate surface area is 259 Å². The third-order valence-corrected chi connectivity index (χ3v) is 11.0. The molecule has 0 unspecified atom stereocenters. The lowest BCUT2D eigenvalue weighted by molar-refractivity contribution is 0.669. The van der Waals surface area contributed by atoms with Crippen LogP contribution in [0.2, 0.25) is 0 Å². The summed E-state index contributed by atoms with van der Waals surface area (Å²) in [5.41, 5.74) is 4.76. The van der Waals surface area contributed by atoms with Gasteiger partial charge in [0.15, 0.2) is 5.58 Å². The molecule has 0 atom stereocenters. The van der Waals surface area contributed by atoms with Gasteiger partial charge in [-0.05, 0) is 65.4 Å². The zero-order valence-corrected chi connectivity index (χ0v) is 25.0. The van der Waals surface area contributed by atoms with E-state index in [1.165, 1.54) is 45.7 Å². The van der Waals surface area contributed by atoms with Crippen molar-refractivity contribution in [3.05, 3.63) is 134 Å². The summed E-state index contributed by atoms with van der Waals surface area (Å²) in [7, 11) is 0. The molecule has 3 nitrogen and oxygen atoms in total. The molecule has 44 heavy (non-hydrogen) atoms. The lowest BCUT2D eigenvalue weighted by Crippen LogP contribution is -2.10. The number of benzene rings is 6. The van der Waals surface area contributed by atoms with E-state index < -0.39 is 0 Å². The van der Waals surface area contributed by atoms with Crippen LogP contribution < -0.4 is 4.90 Å². The topological polar surface area (TPSA) is 29.3 Å². The lowest BCUT2D eigenvalue weighted by Gasteiger charge is -2.25. The van der Waals surface area contributed by atoms with Crippen molar-refractivity contribution in [2.24, 2.45) is 0 Å². The highest BCUT2D eigenvalue weighted by Crippen LogP contribution is 2.46. The van der Waals surface area contributed by atoms with Crippen molar-refractivity contribution in [2.75, 3.05) is 4.90 Å². The fourth-order valence-corrected chi connectivity index (χ4v) is 8.88. The molecular weight excluding hydrogens is 577 g/mol. The highest BCUT2D eigenvalue weighted by molar-refractivity contribution is 7.26. The molecule has 0 amide bonds. The molecule has 0 spiro atoms. The summed E-state index contributed by atoms with van der Waals surface area (Å²) in [6.45, 7) is 0. The predicted octanol–water partition coefficient (Wildman–Crippen LogP) is 12.3. The number of aromatic nitrogens is 1. The monoisotopic (exact) mass is 598 g/mol. The smallest absolute Gasteiger partial charge is 0.162 e. The minimum Gasteiger partial charge on any atom is -0.454 e. The Morgan fingerprint density at radius 2 is 1.11 bits per heavy atom. The van der Waals surface area contributed by atoms with Crippen LogP contribution in [0.3, 0.4) is 0 Å². The third-order valence-electron chi connectivity index (χ3n) is 8.71. The van der Waals surface area contributed by atoms with Gasteiger partial charge in [-0.1, -0.05) is 66.7 Å². The molecule has 0 aliphatic heterocycles. The number of pyridine rings is 1. The molecule has 0 saturated carbocycles. The second-order valence-electron chi connectivity index (χ2n) is 11.2. The van der Waals surface area contributed by atoms with Crippen LogP contribution in [0.25, 0.3) is 73.1 Å². The molecule has 4 aromatic heterocycles. The first-order valence-corrected chi connectivity index (χ1v) is 16.2. The molecule has 0 N–H and O–H groups in total. The summed E-state index contributed by atoms with van der Waals surface area (Å²) in [6, 6.07) is 43.7. The highest BCUT2D eigenvalue weighted by Gasteiger charge is 2.22. The van der Waals surface area contributed by atoms with Crippen LogP contribution in [-0.4, -0.2) is 4.98 Å². The summed E-state index contributed by atoms with van der Waals surface area (Å²) in [4.78, 5) is 7.10. The number of anilines is 3. The van der Waals surface area contributed by atoms with Gasteiger partial charge in [-0.2, -0.15) is 0 Å². The molecule has 4 heterocycles. The number of nitrogens with zero attached hydrogens (tertiary/aromatic N) is 2. The standard InChI is InChI=1S/C39H22N2OS2/c1-2-8-24-18-34-30(17-23(24)7-1)32-21-40-22-33(39(32)42-34)41(25-14-16-37-31(19-25)28-10-4-6-12-36(28)43-37)26-13-15-29-27-9-3-5-11-35(27)44-38(29)20-26/h1-22H.